The predicted octanol–water partition coefficient (Wildman–Crippen LogP) is 3.53. The van der Waals surface area contributed by atoms with Crippen molar-refractivity contribution in [2.45, 2.75) is 45.1 Å². The molecule has 1 aromatic rings. The first-order valence-electron chi connectivity index (χ1n) is 8.39. The van der Waals surface area contributed by atoms with Crippen molar-refractivity contribution in [2.24, 2.45) is 5.92 Å². The molecular weight excluding hydrogens is 331 g/mol. The van der Waals surface area contributed by atoms with Crippen molar-refractivity contribution in [3.63, 3.8) is 0 Å². The second kappa shape index (κ2) is 10.3. The number of ketones is 1. The van der Waals surface area contributed by atoms with E-state index in [0.29, 0.717) is 12.2 Å². The van der Waals surface area contributed by atoms with E-state index < -0.39 is 0 Å². The van der Waals surface area contributed by atoms with Crippen LogP contribution in [0, 0.1) is 5.92 Å². The van der Waals surface area contributed by atoms with Crippen LogP contribution in [-0.4, -0.2) is 25.4 Å². The Morgan fingerprint density at radius 3 is 2.61 bits per heavy atom. The van der Waals surface area contributed by atoms with E-state index in [1.165, 1.54) is 30.4 Å². The summed E-state index contributed by atoms with van der Waals surface area (Å²) in [4.78, 5) is 12.4. The minimum atomic E-state index is 0. The minimum absolute atomic E-state index is 0. The Kier molecular flexibility index (Phi) is 9.15. The number of carbonyl (C=O) groups is 1. The fourth-order valence-corrected chi connectivity index (χ4v) is 3.48. The summed E-state index contributed by atoms with van der Waals surface area (Å²) < 4.78 is 0. The number of hydrogen-bond acceptors (Lipinski definition) is 3. The number of carbonyl (C=O) groups excluding carboxylic acids is 1. The van der Waals surface area contributed by atoms with E-state index in [0.717, 1.165) is 50.5 Å². The third kappa shape index (κ3) is 5.75. The highest BCUT2D eigenvalue weighted by molar-refractivity contribution is 5.96. The first kappa shape index (κ1) is 20.4. The molecule has 3 nitrogen and oxygen atoms in total. The maximum absolute atomic E-state index is 12.4. The maximum atomic E-state index is 12.4. The zero-order chi connectivity index (χ0) is 14.5. The van der Waals surface area contributed by atoms with Gasteiger partial charge < -0.3 is 10.6 Å². The number of halogens is 2. The summed E-state index contributed by atoms with van der Waals surface area (Å²) in [5.41, 5.74) is 3.65. The standard InChI is InChI=1S/C18H26N2O.2ClH/c21-18(6-3-14-7-10-19-11-8-14)16-4-5-17-13-20-9-1-2-15(17)12-16;;/h4-5,12,14,19-20H,1-3,6-11,13H2;2*1H. The molecule has 0 saturated carbocycles. The van der Waals surface area contributed by atoms with Gasteiger partial charge in [-0.2, -0.15) is 0 Å². The lowest BCUT2D eigenvalue weighted by Gasteiger charge is -2.22. The van der Waals surface area contributed by atoms with E-state index in [4.69, 9.17) is 0 Å². The number of rotatable bonds is 4. The zero-order valence-corrected chi connectivity index (χ0v) is 15.2. The Hall–Kier alpha value is -0.610. The van der Waals surface area contributed by atoms with Gasteiger partial charge in [-0.15, -0.1) is 24.8 Å². The van der Waals surface area contributed by atoms with E-state index in [1.54, 1.807) is 0 Å². The third-order valence-corrected chi connectivity index (χ3v) is 4.88. The quantitative estimate of drug-likeness (QED) is 0.808. The van der Waals surface area contributed by atoms with E-state index >= 15 is 0 Å². The van der Waals surface area contributed by atoms with Gasteiger partial charge in [0.15, 0.2) is 5.78 Å². The van der Waals surface area contributed by atoms with Crippen molar-refractivity contribution >= 4 is 30.6 Å². The van der Waals surface area contributed by atoms with Gasteiger partial charge in [-0.25, -0.2) is 0 Å². The summed E-state index contributed by atoms with van der Waals surface area (Å²) in [6.45, 7) is 4.25. The van der Waals surface area contributed by atoms with Gasteiger partial charge in [0.05, 0.1) is 0 Å². The van der Waals surface area contributed by atoms with E-state index in [1.807, 2.05) is 6.07 Å². The Labute approximate surface area is 151 Å². The molecule has 0 atom stereocenters. The molecule has 5 heteroatoms. The van der Waals surface area contributed by atoms with Gasteiger partial charge in [0, 0.05) is 18.5 Å². The molecule has 1 fully saturated rings. The number of piperidine rings is 1. The van der Waals surface area contributed by atoms with Crippen molar-refractivity contribution in [3.8, 4) is 0 Å². The average molecular weight is 359 g/mol. The molecule has 0 unspecified atom stereocenters. The van der Waals surface area contributed by atoms with Gasteiger partial charge in [0.25, 0.3) is 0 Å². The van der Waals surface area contributed by atoms with Crippen LogP contribution in [0.15, 0.2) is 18.2 Å². The Bertz CT molecular complexity index is 502. The predicted molar refractivity (Wildman–Crippen MR) is 100 cm³/mol. The lowest BCUT2D eigenvalue weighted by molar-refractivity contribution is 0.0970. The van der Waals surface area contributed by atoms with E-state index in [2.05, 4.69) is 22.8 Å². The molecule has 1 saturated heterocycles. The van der Waals surface area contributed by atoms with Crippen LogP contribution in [0.4, 0.5) is 0 Å². The summed E-state index contributed by atoms with van der Waals surface area (Å²) in [5, 5.41) is 6.81. The van der Waals surface area contributed by atoms with Crippen LogP contribution in [0.1, 0.15) is 53.6 Å². The molecule has 2 aliphatic rings. The first-order valence-corrected chi connectivity index (χ1v) is 8.39. The van der Waals surface area contributed by atoms with Crippen LogP contribution in [-0.2, 0) is 13.0 Å². The number of Topliss-reactive ketones (excluding diaryl/α,β-unsaturated/α-hetero) is 1. The number of benzene rings is 1. The molecule has 2 heterocycles. The number of hydrogen-bond donors (Lipinski definition) is 2. The summed E-state index contributed by atoms with van der Waals surface area (Å²) >= 11 is 0. The third-order valence-electron chi connectivity index (χ3n) is 4.88. The lowest BCUT2D eigenvalue weighted by atomic mass is 9.90. The second-order valence-electron chi connectivity index (χ2n) is 6.42. The van der Waals surface area contributed by atoms with Gasteiger partial charge in [0.1, 0.15) is 0 Å². The molecule has 1 aromatic carbocycles. The molecule has 3 rings (SSSR count). The summed E-state index contributed by atoms with van der Waals surface area (Å²) in [6.07, 6.45) is 6.48. The van der Waals surface area contributed by atoms with Crippen LogP contribution in [0.5, 0.6) is 0 Å². The molecule has 2 aliphatic heterocycles. The topological polar surface area (TPSA) is 41.1 Å². The maximum Gasteiger partial charge on any atom is 0.162 e. The van der Waals surface area contributed by atoms with Crippen LogP contribution < -0.4 is 10.6 Å². The van der Waals surface area contributed by atoms with Crippen LogP contribution in [0.2, 0.25) is 0 Å². The van der Waals surface area contributed by atoms with Crippen molar-refractivity contribution in [3.05, 3.63) is 34.9 Å². The molecule has 0 amide bonds. The number of fused-ring (bicyclic) bond motifs is 1. The molecule has 0 aliphatic carbocycles. The van der Waals surface area contributed by atoms with Crippen LogP contribution in [0.3, 0.4) is 0 Å². The second-order valence-corrected chi connectivity index (χ2v) is 6.42. The SMILES string of the molecule is Cl.Cl.O=C(CCC1CCNCC1)c1ccc2c(c1)CCCNC2. The highest BCUT2D eigenvalue weighted by Crippen LogP contribution is 2.21. The normalized spacial score (nSPS) is 18.1. The van der Waals surface area contributed by atoms with Gasteiger partial charge in [0.2, 0.25) is 0 Å². The molecule has 23 heavy (non-hydrogen) atoms. The van der Waals surface area contributed by atoms with Gasteiger partial charge >= 0.3 is 0 Å². The van der Waals surface area contributed by atoms with Crippen molar-refractivity contribution in [1.82, 2.24) is 10.6 Å². The monoisotopic (exact) mass is 358 g/mol. The molecule has 0 radical (unpaired) electrons. The highest BCUT2D eigenvalue weighted by Gasteiger charge is 2.16. The van der Waals surface area contributed by atoms with Crippen LogP contribution >= 0.6 is 24.8 Å². The molecule has 0 aromatic heterocycles. The van der Waals surface area contributed by atoms with Gasteiger partial charge in [-0.1, -0.05) is 12.1 Å². The Balaban J connectivity index is 0.00000132. The van der Waals surface area contributed by atoms with E-state index in [9.17, 15) is 4.79 Å². The molecule has 0 bridgehead atoms. The summed E-state index contributed by atoms with van der Waals surface area (Å²) in [7, 11) is 0. The summed E-state index contributed by atoms with van der Waals surface area (Å²) in [5.74, 6) is 1.06. The lowest BCUT2D eigenvalue weighted by Crippen LogP contribution is -2.28. The molecule has 2 N–H and O–H groups in total. The van der Waals surface area contributed by atoms with E-state index in [-0.39, 0.29) is 24.8 Å². The molecule has 0 spiro atoms. The van der Waals surface area contributed by atoms with Gasteiger partial charge in [-0.3, -0.25) is 4.79 Å². The Morgan fingerprint density at radius 2 is 1.83 bits per heavy atom. The average Bonchev–Trinajstić information content (AvgIpc) is 2.78. The van der Waals surface area contributed by atoms with Crippen molar-refractivity contribution in [2.75, 3.05) is 19.6 Å². The molecule has 130 valence electrons. The van der Waals surface area contributed by atoms with Gasteiger partial charge in [-0.05, 0) is 74.8 Å². The highest BCUT2D eigenvalue weighted by atomic mass is 35.5. The fourth-order valence-electron chi connectivity index (χ4n) is 3.48. The Morgan fingerprint density at radius 1 is 1.04 bits per heavy atom. The fraction of sp³-hybridized carbons (Fsp3) is 0.611. The van der Waals surface area contributed by atoms with Crippen molar-refractivity contribution < 1.29 is 4.79 Å². The number of aryl methyl sites for hydroxylation is 1. The van der Waals surface area contributed by atoms with Crippen molar-refractivity contribution in [1.29, 1.82) is 0 Å². The first-order chi connectivity index (χ1) is 10.3. The smallest absolute Gasteiger partial charge is 0.162 e. The largest absolute Gasteiger partial charge is 0.317 e. The minimum Gasteiger partial charge on any atom is -0.317 e. The van der Waals surface area contributed by atoms with Crippen LogP contribution in [0.25, 0.3) is 0 Å². The summed E-state index contributed by atoms with van der Waals surface area (Å²) in [6, 6.07) is 6.31. The number of nitrogens with one attached hydrogen (secondary N) is 2. The zero-order valence-electron chi connectivity index (χ0n) is 13.6. The molecular formula is C18H28Cl2N2O.